The van der Waals surface area contributed by atoms with Gasteiger partial charge in [0.1, 0.15) is 0 Å². The van der Waals surface area contributed by atoms with E-state index in [-0.39, 0.29) is 17.5 Å². The fourth-order valence-corrected chi connectivity index (χ4v) is 2.72. The summed E-state index contributed by atoms with van der Waals surface area (Å²) < 4.78 is 58.9. The summed E-state index contributed by atoms with van der Waals surface area (Å²) in [7, 11) is 0. The maximum atomic E-state index is 13.9. The maximum Gasteiger partial charge on any atom is 0.308 e. The highest BCUT2D eigenvalue weighted by Crippen LogP contribution is 2.27. The highest BCUT2D eigenvalue weighted by molar-refractivity contribution is 6.31. The molecule has 0 saturated carbocycles. The zero-order valence-corrected chi connectivity index (χ0v) is 15.6. The molecule has 150 valence electrons. The van der Waals surface area contributed by atoms with Crippen LogP contribution in [-0.4, -0.2) is 18.0 Å². The highest BCUT2D eigenvalue weighted by Gasteiger charge is 2.27. The van der Waals surface area contributed by atoms with Crippen LogP contribution in [0.15, 0.2) is 30.3 Å². The lowest BCUT2D eigenvalue weighted by Crippen LogP contribution is -2.32. The molecule has 0 fully saturated rings. The monoisotopic (exact) mass is 417 g/mol. The lowest BCUT2D eigenvalue weighted by molar-refractivity contribution is -0.147. The van der Waals surface area contributed by atoms with Crippen molar-refractivity contribution in [1.82, 2.24) is 5.32 Å². The topological polar surface area (TPSA) is 55.4 Å². The van der Waals surface area contributed by atoms with Gasteiger partial charge < -0.3 is 10.1 Å². The number of rotatable bonds is 6. The molecule has 9 heteroatoms. The number of amides is 1. The van der Waals surface area contributed by atoms with Gasteiger partial charge in [-0.25, -0.2) is 17.6 Å². The van der Waals surface area contributed by atoms with Gasteiger partial charge in [-0.2, -0.15) is 0 Å². The van der Waals surface area contributed by atoms with Crippen molar-refractivity contribution in [2.45, 2.75) is 32.4 Å². The Morgan fingerprint density at radius 2 is 1.71 bits per heavy atom. The van der Waals surface area contributed by atoms with Gasteiger partial charge in [-0.15, -0.1) is 0 Å². The van der Waals surface area contributed by atoms with Crippen molar-refractivity contribution in [3.63, 3.8) is 0 Å². The molecule has 1 N–H and O–H groups in total. The van der Waals surface area contributed by atoms with E-state index in [0.29, 0.717) is 5.56 Å². The molecule has 2 aromatic carbocycles. The van der Waals surface area contributed by atoms with E-state index in [2.05, 4.69) is 5.32 Å². The molecule has 2 rings (SSSR count). The fraction of sp³-hybridized carbons (Fsp3) is 0.263. The van der Waals surface area contributed by atoms with Gasteiger partial charge in [0, 0.05) is 5.02 Å². The first-order valence-corrected chi connectivity index (χ1v) is 8.57. The summed E-state index contributed by atoms with van der Waals surface area (Å²) in [6.45, 7) is 3.25. The molecular weight excluding hydrogens is 402 g/mol. The lowest BCUT2D eigenvalue weighted by atomic mass is 10.0. The molecule has 2 aromatic rings. The van der Waals surface area contributed by atoms with E-state index in [1.807, 2.05) is 0 Å². The number of halogens is 5. The zero-order valence-electron chi connectivity index (χ0n) is 14.9. The number of hydrogen-bond acceptors (Lipinski definition) is 3. The Balaban J connectivity index is 2.36. The summed E-state index contributed by atoms with van der Waals surface area (Å²) in [4.78, 5) is 24.4. The number of ether oxygens (including phenoxy) is 1. The number of carbonyl (C=O) groups is 2. The minimum atomic E-state index is -2.11. The van der Waals surface area contributed by atoms with Crippen molar-refractivity contribution in [1.29, 1.82) is 0 Å². The number of benzene rings is 2. The minimum absolute atomic E-state index is 0.196. The van der Waals surface area contributed by atoms with Gasteiger partial charge in [0.25, 0.3) is 5.91 Å². The van der Waals surface area contributed by atoms with Crippen LogP contribution in [0, 0.1) is 23.3 Å². The van der Waals surface area contributed by atoms with E-state index in [0.717, 1.165) is 0 Å². The second kappa shape index (κ2) is 9.05. The van der Waals surface area contributed by atoms with E-state index in [1.165, 1.54) is 12.1 Å². The molecule has 28 heavy (non-hydrogen) atoms. The van der Waals surface area contributed by atoms with Crippen LogP contribution in [0.1, 0.15) is 42.2 Å². The molecule has 0 saturated heterocycles. The smallest absolute Gasteiger partial charge is 0.308 e. The van der Waals surface area contributed by atoms with Crippen molar-refractivity contribution in [3.05, 3.63) is 69.8 Å². The van der Waals surface area contributed by atoms with Crippen LogP contribution in [0.2, 0.25) is 5.02 Å². The molecule has 0 aliphatic carbocycles. The molecule has 0 aliphatic heterocycles. The van der Waals surface area contributed by atoms with Crippen molar-refractivity contribution in [3.8, 4) is 0 Å². The summed E-state index contributed by atoms with van der Waals surface area (Å²) >= 11 is 6.09. The van der Waals surface area contributed by atoms with E-state index in [1.54, 1.807) is 26.0 Å². The fourth-order valence-electron chi connectivity index (χ4n) is 2.45. The zero-order chi connectivity index (χ0) is 21.0. The van der Waals surface area contributed by atoms with E-state index >= 15 is 0 Å². The number of esters is 1. The number of hydrogen-bond donors (Lipinski definition) is 1. The molecule has 1 atom stereocenters. The van der Waals surface area contributed by atoms with E-state index in [9.17, 15) is 27.2 Å². The number of carbonyl (C=O) groups excluding carboxylic acids is 2. The van der Waals surface area contributed by atoms with E-state index in [4.69, 9.17) is 16.3 Å². The Kier molecular flexibility index (Phi) is 7.01. The highest BCUT2D eigenvalue weighted by atomic mass is 35.5. The van der Waals surface area contributed by atoms with Crippen LogP contribution < -0.4 is 5.32 Å². The van der Waals surface area contributed by atoms with Crippen molar-refractivity contribution in [2.24, 2.45) is 0 Å². The SMILES string of the molecule is CC(C)OC(=O)CC(NC(=O)c1cc(F)c(F)c(F)c1F)c1ccccc1Cl. The average Bonchev–Trinajstić information content (AvgIpc) is 2.62. The lowest BCUT2D eigenvalue weighted by Gasteiger charge is -2.20. The molecular formula is C19H16ClF4NO3. The Morgan fingerprint density at radius 3 is 2.32 bits per heavy atom. The molecule has 0 radical (unpaired) electrons. The van der Waals surface area contributed by atoms with Gasteiger partial charge in [-0.1, -0.05) is 29.8 Å². The van der Waals surface area contributed by atoms with Crippen LogP contribution in [0.5, 0.6) is 0 Å². The first-order chi connectivity index (χ1) is 13.1. The standard InChI is InChI=1S/C19H16ClF4NO3/c1-9(2)28-15(26)8-14(10-5-3-4-6-12(10)20)25-19(27)11-7-13(21)17(23)18(24)16(11)22/h3-7,9,14H,8H2,1-2H3,(H,25,27). The Labute approximate surface area is 163 Å². The van der Waals surface area contributed by atoms with Crippen molar-refractivity contribution >= 4 is 23.5 Å². The first kappa shape index (κ1) is 21.7. The third-order valence-electron chi connectivity index (χ3n) is 3.67. The molecule has 4 nitrogen and oxygen atoms in total. The third-order valence-corrected chi connectivity index (χ3v) is 4.02. The summed E-state index contributed by atoms with van der Waals surface area (Å²) in [5.41, 5.74) is -0.743. The van der Waals surface area contributed by atoms with Gasteiger partial charge in [0.15, 0.2) is 23.3 Å². The predicted octanol–water partition coefficient (Wildman–Crippen LogP) is 4.71. The molecule has 0 aromatic heterocycles. The van der Waals surface area contributed by atoms with Crippen LogP contribution in [-0.2, 0) is 9.53 Å². The minimum Gasteiger partial charge on any atom is -0.463 e. The quantitative estimate of drug-likeness (QED) is 0.320. The Bertz CT molecular complexity index is 905. The normalized spacial score (nSPS) is 12.0. The maximum absolute atomic E-state index is 13.9. The van der Waals surface area contributed by atoms with Crippen LogP contribution >= 0.6 is 11.6 Å². The Morgan fingerprint density at radius 1 is 1.07 bits per heavy atom. The largest absolute Gasteiger partial charge is 0.463 e. The van der Waals surface area contributed by atoms with Gasteiger partial charge in [0.2, 0.25) is 0 Å². The second-order valence-corrected chi connectivity index (χ2v) is 6.55. The van der Waals surface area contributed by atoms with Crippen molar-refractivity contribution < 1.29 is 31.9 Å². The van der Waals surface area contributed by atoms with Crippen LogP contribution in [0.25, 0.3) is 0 Å². The van der Waals surface area contributed by atoms with Gasteiger partial charge >= 0.3 is 5.97 Å². The number of nitrogens with one attached hydrogen (secondary N) is 1. The predicted molar refractivity (Wildman–Crippen MR) is 93.8 cm³/mol. The molecule has 0 heterocycles. The first-order valence-electron chi connectivity index (χ1n) is 8.19. The molecule has 0 spiro atoms. The molecule has 0 bridgehead atoms. The summed E-state index contributed by atoms with van der Waals surface area (Å²) in [6.07, 6.45) is -0.797. The molecule has 1 unspecified atom stereocenters. The van der Waals surface area contributed by atoms with Gasteiger partial charge in [0.05, 0.1) is 24.1 Å². The van der Waals surface area contributed by atoms with Gasteiger partial charge in [-0.05, 0) is 31.5 Å². The third kappa shape index (κ3) is 5.01. The van der Waals surface area contributed by atoms with E-state index < -0.39 is 52.9 Å². The second-order valence-electron chi connectivity index (χ2n) is 6.14. The van der Waals surface area contributed by atoms with Crippen LogP contribution in [0.4, 0.5) is 17.6 Å². The average molecular weight is 418 g/mol. The van der Waals surface area contributed by atoms with Gasteiger partial charge in [-0.3, -0.25) is 9.59 Å². The Hall–Kier alpha value is -2.61. The van der Waals surface area contributed by atoms with Crippen LogP contribution in [0.3, 0.4) is 0 Å². The van der Waals surface area contributed by atoms with Crippen molar-refractivity contribution in [2.75, 3.05) is 0 Å². The summed E-state index contributed by atoms with van der Waals surface area (Å²) in [5.74, 6) is -9.65. The summed E-state index contributed by atoms with van der Waals surface area (Å²) in [5, 5.41) is 2.49. The summed E-state index contributed by atoms with van der Waals surface area (Å²) in [6, 6.07) is 5.37. The molecule has 0 aliphatic rings. The molecule has 1 amide bonds.